The van der Waals surface area contributed by atoms with Gasteiger partial charge in [-0.05, 0) is 65.4 Å². The maximum atomic E-state index is 6.60. The van der Waals surface area contributed by atoms with Gasteiger partial charge >= 0.3 is 0 Å². The molecule has 11 rings (SSSR count). The molecule has 7 aromatic carbocycles. The van der Waals surface area contributed by atoms with E-state index in [-0.39, 0.29) is 0 Å². The fourth-order valence-electron chi connectivity index (χ4n) is 7.20. The number of aromatic nitrogens is 4. The molecule has 0 amide bonds. The number of benzene rings is 7. The summed E-state index contributed by atoms with van der Waals surface area (Å²) in [5.41, 5.74) is 6.57. The van der Waals surface area contributed by atoms with Gasteiger partial charge < -0.3 is 8.83 Å². The van der Waals surface area contributed by atoms with Crippen molar-refractivity contribution in [2.45, 2.75) is 0 Å². The van der Waals surface area contributed by atoms with Crippen LogP contribution in [0.2, 0.25) is 0 Å². The van der Waals surface area contributed by atoms with E-state index in [9.17, 15) is 0 Å². The number of fused-ring (bicyclic) bond motifs is 10. The highest BCUT2D eigenvalue weighted by molar-refractivity contribution is 7.25. The normalized spacial score (nSPS) is 11.9. The van der Waals surface area contributed by atoms with Crippen molar-refractivity contribution in [2.24, 2.45) is 0 Å². The van der Waals surface area contributed by atoms with Gasteiger partial charge in [-0.1, -0.05) is 91.0 Å². The van der Waals surface area contributed by atoms with E-state index in [4.69, 9.17) is 28.8 Å². The minimum absolute atomic E-state index is 0.573. The lowest BCUT2D eigenvalue weighted by Gasteiger charge is -2.11. The van der Waals surface area contributed by atoms with E-state index in [2.05, 4.69) is 66.7 Å². The first-order valence-electron chi connectivity index (χ1n) is 16.7. The highest BCUT2D eigenvalue weighted by Crippen LogP contribution is 2.43. The molecule has 0 N–H and O–H groups in total. The van der Waals surface area contributed by atoms with Gasteiger partial charge in [-0.15, -0.1) is 11.3 Å². The molecule has 6 nitrogen and oxygen atoms in total. The molecule has 0 aliphatic carbocycles. The third-order valence-corrected chi connectivity index (χ3v) is 10.7. The van der Waals surface area contributed by atoms with Gasteiger partial charge in [-0.3, -0.25) is 0 Å². The zero-order valence-corrected chi connectivity index (χ0v) is 27.7. The molecule has 4 aromatic heterocycles. The molecule has 4 heterocycles. The molecule has 238 valence electrons. The van der Waals surface area contributed by atoms with Gasteiger partial charge in [0.05, 0.1) is 5.39 Å². The monoisotopic (exact) mass is 672 g/mol. The fourth-order valence-corrected chi connectivity index (χ4v) is 8.28. The minimum Gasteiger partial charge on any atom is -0.456 e. The number of oxazole rings is 1. The average Bonchev–Trinajstić information content (AvgIpc) is 3.91. The van der Waals surface area contributed by atoms with Crippen LogP contribution < -0.4 is 0 Å². The molecule has 0 fully saturated rings. The van der Waals surface area contributed by atoms with E-state index < -0.39 is 0 Å². The Balaban J connectivity index is 1.16. The molecule has 11 aromatic rings. The van der Waals surface area contributed by atoms with Crippen LogP contribution in [0.5, 0.6) is 0 Å². The summed E-state index contributed by atoms with van der Waals surface area (Å²) in [7, 11) is 0. The molecule has 0 bridgehead atoms. The molecule has 0 spiro atoms. The van der Waals surface area contributed by atoms with Gasteiger partial charge in [0.25, 0.3) is 0 Å². The molecular formula is C44H24N4O2S. The van der Waals surface area contributed by atoms with Gasteiger partial charge in [0.1, 0.15) is 16.7 Å². The third kappa shape index (κ3) is 4.42. The Morgan fingerprint density at radius 1 is 0.412 bits per heavy atom. The first kappa shape index (κ1) is 28.2. The lowest BCUT2D eigenvalue weighted by atomic mass is 9.98. The van der Waals surface area contributed by atoms with Gasteiger partial charge in [0, 0.05) is 47.8 Å². The Bertz CT molecular complexity index is 3150. The van der Waals surface area contributed by atoms with Crippen LogP contribution in [0, 0.1) is 0 Å². The Morgan fingerprint density at radius 3 is 1.90 bits per heavy atom. The van der Waals surface area contributed by atoms with Crippen LogP contribution in [0.3, 0.4) is 0 Å². The van der Waals surface area contributed by atoms with Gasteiger partial charge in [-0.2, -0.15) is 0 Å². The smallest absolute Gasteiger partial charge is 0.227 e. The fraction of sp³-hybridized carbons (Fsp3) is 0. The lowest BCUT2D eigenvalue weighted by Crippen LogP contribution is -2.00. The van der Waals surface area contributed by atoms with Crippen LogP contribution in [0.1, 0.15) is 0 Å². The van der Waals surface area contributed by atoms with Crippen LogP contribution in [0.4, 0.5) is 0 Å². The van der Waals surface area contributed by atoms with Crippen molar-refractivity contribution in [2.75, 3.05) is 0 Å². The van der Waals surface area contributed by atoms with E-state index in [1.807, 2.05) is 78.9 Å². The maximum Gasteiger partial charge on any atom is 0.227 e. The molecule has 0 aliphatic rings. The summed E-state index contributed by atoms with van der Waals surface area (Å²) in [5, 5.41) is 6.32. The highest BCUT2D eigenvalue weighted by atomic mass is 32.1. The number of hydrogen-bond donors (Lipinski definition) is 0. The van der Waals surface area contributed by atoms with Crippen LogP contribution >= 0.6 is 11.3 Å². The van der Waals surface area contributed by atoms with E-state index in [1.54, 1.807) is 11.3 Å². The zero-order valence-electron chi connectivity index (χ0n) is 26.9. The maximum absolute atomic E-state index is 6.60. The second-order valence-corrected chi connectivity index (χ2v) is 13.7. The van der Waals surface area contributed by atoms with Crippen molar-refractivity contribution in [3.63, 3.8) is 0 Å². The van der Waals surface area contributed by atoms with Crippen molar-refractivity contribution >= 4 is 75.3 Å². The molecule has 0 saturated carbocycles. The SMILES string of the molecule is c1ccc(-c2nc(-c3ccc4sc5ccccc5c4c3)nc(-c3cc4oc5ccc6nc(-c7ccccc7)oc6c5c4c4ccccc34)n2)cc1. The Hall–Kier alpha value is -6.70. The predicted molar refractivity (Wildman–Crippen MR) is 207 cm³/mol. The Labute approximate surface area is 294 Å². The summed E-state index contributed by atoms with van der Waals surface area (Å²) in [6.07, 6.45) is 0. The van der Waals surface area contributed by atoms with Crippen LogP contribution in [0.25, 0.3) is 110 Å². The number of hydrogen-bond acceptors (Lipinski definition) is 7. The van der Waals surface area contributed by atoms with Crippen molar-refractivity contribution in [1.82, 2.24) is 19.9 Å². The number of thiophene rings is 1. The minimum atomic E-state index is 0.573. The third-order valence-electron chi connectivity index (χ3n) is 9.56. The second-order valence-electron chi connectivity index (χ2n) is 12.6. The predicted octanol–water partition coefficient (Wildman–Crippen LogP) is 12.1. The number of rotatable bonds is 4. The van der Waals surface area contributed by atoms with Crippen molar-refractivity contribution in [3.05, 3.63) is 146 Å². The highest BCUT2D eigenvalue weighted by Gasteiger charge is 2.22. The zero-order chi connectivity index (χ0) is 33.5. The van der Waals surface area contributed by atoms with E-state index in [0.717, 1.165) is 60.5 Å². The first-order chi connectivity index (χ1) is 25.2. The van der Waals surface area contributed by atoms with E-state index in [0.29, 0.717) is 28.9 Å². The van der Waals surface area contributed by atoms with Crippen LogP contribution in [-0.4, -0.2) is 19.9 Å². The van der Waals surface area contributed by atoms with Gasteiger partial charge in [0.2, 0.25) is 5.89 Å². The summed E-state index contributed by atoms with van der Waals surface area (Å²) in [5.74, 6) is 2.37. The second kappa shape index (κ2) is 10.9. The summed E-state index contributed by atoms with van der Waals surface area (Å²) in [6.45, 7) is 0. The summed E-state index contributed by atoms with van der Waals surface area (Å²) >= 11 is 1.80. The summed E-state index contributed by atoms with van der Waals surface area (Å²) in [6, 6.07) is 49.4. The number of furan rings is 1. The quantitative estimate of drug-likeness (QED) is 0.185. The van der Waals surface area contributed by atoms with Gasteiger partial charge in [-0.25, -0.2) is 19.9 Å². The van der Waals surface area contributed by atoms with E-state index in [1.165, 1.54) is 20.2 Å². The number of nitrogens with zero attached hydrogens (tertiary/aromatic N) is 4. The Morgan fingerprint density at radius 2 is 1.08 bits per heavy atom. The standard InChI is InChI=1S/C44H24N4O2S/c1-3-11-25(12-4-1)41-46-42(27-19-22-37-31(23-27)29-16-9-10-18-36(29)51-37)48-43(47-41)32-24-35-38(30-17-8-7-15-28(30)32)39-34(49-35)21-20-33-40(39)50-44(45-33)26-13-5-2-6-14-26/h1-24H. The largest absolute Gasteiger partial charge is 0.456 e. The van der Waals surface area contributed by atoms with Crippen LogP contribution in [0.15, 0.2) is 154 Å². The summed E-state index contributed by atoms with van der Waals surface area (Å²) < 4.78 is 15.6. The lowest BCUT2D eigenvalue weighted by molar-refractivity contribution is 0.622. The van der Waals surface area contributed by atoms with Crippen LogP contribution in [-0.2, 0) is 0 Å². The van der Waals surface area contributed by atoms with Crippen molar-refractivity contribution in [1.29, 1.82) is 0 Å². The molecule has 51 heavy (non-hydrogen) atoms. The van der Waals surface area contributed by atoms with Crippen molar-refractivity contribution in [3.8, 4) is 45.6 Å². The van der Waals surface area contributed by atoms with Crippen molar-refractivity contribution < 1.29 is 8.83 Å². The molecule has 7 heteroatoms. The molecule has 0 aliphatic heterocycles. The Kier molecular flexibility index (Phi) is 6.02. The molecular weight excluding hydrogens is 649 g/mol. The van der Waals surface area contributed by atoms with Gasteiger partial charge in [0.15, 0.2) is 23.1 Å². The molecule has 0 unspecified atom stereocenters. The molecule has 0 radical (unpaired) electrons. The first-order valence-corrected chi connectivity index (χ1v) is 17.5. The molecule has 0 atom stereocenters. The summed E-state index contributed by atoms with van der Waals surface area (Å²) in [4.78, 5) is 20.2. The average molecular weight is 673 g/mol. The topological polar surface area (TPSA) is 77.8 Å². The molecule has 0 saturated heterocycles. The van der Waals surface area contributed by atoms with E-state index >= 15 is 0 Å².